The topological polar surface area (TPSA) is 109 Å². The van der Waals surface area contributed by atoms with E-state index in [2.05, 4.69) is 10.2 Å². The third-order valence-corrected chi connectivity index (χ3v) is 3.20. The lowest BCUT2D eigenvalue weighted by molar-refractivity contribution is 0.298. The molecule has 0 saturated heterocycles. The molecule has 2 rings (SSSR count). The first-order valence-corrected chi connectivity index (χ1v) is 5.41. The minimum atomic E-state index is -0.139. The van der Waals surface area contributed by atoms with Crippen LogP contribution in [-0.2, 0) is 0 Å². The van der Waals surface area contributed by atoms with Crippen LogP contribution in [0, 0.1) is 5.92 Å². The Morgan fingerprint density at radius 3 is 2.40 bits per heavy atom. The molecule has 0 aromatic carbocycles. The van der Waals surface area contributed by atoms with Crippen LogP contribution in [0.3, 0.4) is 0 Å². The van der Waals surface area contributed by atoms with Gasteiger partial charge < -0.3 is 17.3 Å². The van der Waals surface area contributed by atoms with Gasteiger partial charge in [-0.2, -0.15) is 0 Å². The predicted molar refractivity (Wildman–Crippen MR) is 58.1 cm³/mol. The van der Waals surface area contributed by atoms with Crippen LogP contribution in [0.15, 0.2) is 0 Å². The fourth-order valence-corrected chi connectivity index (χ4v) is 2.25. The molecule has 1 saturated carbocycles. The largest absolute Gasteiger partial charge is 0.366 e. The third-order valence-electron chi connectivity index (χ3n) is 3.20. The fourth-order valence-electron chi connectivity index (χ4n) is 2.25. The van der Waals surface area contributed by atoms with Gasteiger partial charge in [-0.05, 0) is 18.8 Å². The van der Waals surface area contributed by atoms with Crippen molar-refractivity contribution in [3.63, 3.8) is 0 Å². The van der Waals surface area contributed by atoms with Crippen LogP contribution in [0.25, 0.3) is 0 Å². The van der Waals surface area contributed by atoms with Crippen molar-refractivity contribution in [1.82, 2.24) is 14.9 Å². The zero-order valence-corrected chi connectivity index (χ0v) is 8.76. The maximum absolute atomic E-state index is 6.12. The van der Waals surface area contributed by atoms with Crippen LogP contribution >= 0.6 is 0 Å². The Balaban J connectivity index is 2.12. The highest BCUT2D eigenvalue weighted by molar-refractivity contribution is 5.19. The lowest BCUT2D eigenvalue weighted by Gasteiger charge is -2.26. The normalized spacial score (nSPS) is 20.3. The predicted octanol–water partition coefficient (Wildman–Crippen LogP) is 0.154. The highest BCUT2D eigenvalue weighted by atomic mass is 15.4. The summed E-state index contributed by atoms with van der Waals surface area (Å²) in [7, 11) is 0. The summed E-state index contributed by atoms with van der Waals surface area (Å²) in [4.78, 5) is 0. The summed E-state index contributed by atoms with van der Waals surface area (Å²) >= 11 is 0. The van der Waals surface area contributed by atoms with Crippen LogP contribution in [0.4, 0.5) is 5.95 Å². The number of hydrogen-bond acceptors (Lipinski definition) is 5. The molecule has 1 atom stereocenters. The number of rotatable bonds is 2. The van der Waals surface area contributed by atoms with Crippen molar-refractivity contribution in [2.75, 3.05) is 11.6 Å². The van der Waals surface area contributed by atoms with Gasteiger partial charge in [0.1, 0.15) is 0 Å². The average molecular weight is 210 g/mol. The van der Waals surface area contributed by atoms with Crippen LogP contribution < -0.4 is 17.3 Å². The van der Waals surface area contributed by atoms with E-state index in [0.29, 0.717) is 11.7 Å². The number of nitrogen functional groups attached to an aromatic ring is 2. The quantitative estimate of drug-likeness (QED) is 0.602. The number of nitrogens with two attached hydrogens (primary N) is 3. The monoisotopic (exact) mass is 210 g/mol. The molecule has 0 aliphatic heterocycles. The summed E-state index contributed by atoms with van der Waals surface area (Å²) in [5.74, 6) is 6.97. The molecule has 1 fully saturated rings. The first-order valence-electron chi connectivity index (χ1n) is 5.41. The Hall–Kier alpha value is -1.30. The molecule has 1 aliphatic carbocycles. The van der Waals surface area contributed by atoms with E-state index in [1.54, 1.807) is 0 Å². The van der Waals surface area contributed by atoms with Crippen molar-refractivity contribution in [3.8, 4) is 0 Å². The average Bonchev–Trinajstić information content (AvgIpc) is 2.60. The van der Waals surface area contributed by atoms with Crippen LogP contribution in [0.1, 0.15) is 44.0 Å². The Morgan fingerprint density at radius 1 is 1.20 bits per heavy atom. The number of aromatic nitrogens is 3. The zero-order valence-electron chi connectivity index (χ0n) is 8.76. The molecule has 15 heavy (non-hydrogen) atoms. The zero-order chi connectivity index (χ0) is 10.8. The van der Waals surface area contributed by atoms with Crippen molar-refractivity contribution in [2.24, 2.45) is 11.7 Å². The van der Waals surface area contributed by atoms with E-state index < -0.39 is 0 Å². The van der Waals surface area contributed by atoms with Gasteiger partial charge in [0.25, 0.3) is 0 Å². The van der Waals surface area contributed by atoms with E-state index >= 15 is 0 Å². The van der Waals surface area contributed by atoms with Crippen LogP contribution in [0.5, 0.6) is 0 Å². The van der Waals surface area contributed by atoms with Crippen molar-refractivity contribution < 1.29 is 0 Å². The first kappa shape index (κ1) is 10.2. The molecule has 1 heterocycles. The Bertz CT molecular complexity index is 327. The molecular weight excluding hydrogens is 192 g/mol. The Labute approximate surface area is 88.8 Å². The number of nitrogens with zero attached hydrogens (tertiary/aromatic N) is 3. The Kier molecular flexibility index (Phi) is 2.77. The fraction of sp³-hybridized carbons (Fsp3) is 0.778. The van der Waals surface area contributed by atoms with Gasteiger partial charge in [-0.1, -0.05) is 19.3 Å². The molecule has 0 amide bonds. The van der Waals surface area contributed by atoms with Gasteiger partial charge in [0, 0.05) is 0 Å². The summed E-state index contributed by atoms with van der Waals surface area (Å²) in [6.45, 7) is 0. The maximum atomic E-state index is 6.12. The summed E-state index contributed by atoms with van der Waals surface area (Å²) < 4.78 is 1.29. The molecule has 6 nitrogen and oxygen atoms in total. The molecule has 0 bridgehead atoms. The summed E-state index contributed by atoms with van der Waals surface area (Å²) in [5.41, 5.74) is 11.6. The van der Waals surface area contributed by atoms with Gasteiger partial charge in [-0.15, -0.1) is 10.2 Å². The van der Waals surface area contributed by atoms with E-state index in [4.69, 9.17) is 17.3 Å². The van der Waals surface area contributed by atoms with Crippen molar-refractivity contribution >= 4 is 5.95 Å². The van der Waals surface area contributed by atoms with Gasteiger partial charge in [0.15, 0.2) is 5.82 Å². The van der Waals surface area contributed by atoms with E-state index in [-0.39, 0.29) is 12.0 Å². The van der Waals surface area contributed by atoms with Gasteiger partial charge in [0.05, 0.1) is 6.04 Å². The molecular formula is C9H18N6. The van der Waals surface area contributed by atoms with Gasteiger partial charge in [0.2, 0.25) is 5.95 Å². The second-order valence-electron chi connectivity index (χ2n) is 4.21. The summed E-state index contributed by atoms with van der Waals surface area (Å²) in [6.07, 6.45) is 6.08. The highest BCUT2D eigenvalue weighted by Crippen LogP contribution is 2.31. The van der Waals surface area contributed by atoms with Gasteiger partial charge >= 0.3 is 0 Å². The summed E-state index contributed by atoms with van der Waals surface area (Å²) in [6, 6.07) is -0.139. The molecule has 1 aliphatic rings. The standard InChI is InChI=1S/C9H18N6/c10-7(6-4-2-1-3-5-6)8-13-14-9(11)15(8)12/h6-7H,1-5,10,12H2,(H2,11,14). The van der Waals surface area contributed by atoms with Crippen LogP contribution in [0.2, 0.25) is 0 Å². The third kappa shape index (κ3) is 1.90. The molecule has 6 N–H and O–H groups in total. The molecule has 6 heteroatoms. The second-order valence-corrected chi connectivity index (χ2v) is 4.21. The van der Waals surface area contributed by atoms with E-state index in [9.17, 15) is 0 Å². The molecule has 1 aromatic rings. The number of hydrogen-bond donors (Lipinski definition) is 3. The van der Waals surface area contributed by atoms with Gasteiger partial charge in [-0.25, -0.2) is 4.68 Å². The molecule has 1 aromatic heterocycles. The van der Waals surface area contributed by atoms with Crippen molar-refractivity contribution in [1.29, 1.82) is 0 Å². The van der Waals surface area contributed by atoms with E-state index in [1.807, 2.05) is 0 Å². The number of anilines is 1. The smallest absolute Gasteiger partial charge is 0.240 e. The second kappa shape index (κ2) is 4.06. The summed E-state index contributed by atoms with van der Waals surface area (Å²) in [5, 5.41) is 7.65. The van der Waals surface area contributed by atoms with E-state index in [1.165, 1.54) is 23.9 Å². The van der Waals surface area contributed by atoms with Crippen molar-refractivity contribution in [2.45, 2.75) is 38.1 Å². The molecule has 1 unspecified atom stereocenters. The van der Waals surface area contributed by atoms with Crippen molar-refractivity contribution in [3.05, 3.63) is 5.82 Å². The van der Waals surface area contributed by atoms with Gasteiger partial charge in [-0.3, -0.25) is 0 Å². The first-order chi connectivity index (χ1) is 7.20. The lowest BCUT2D eigenvalue weighted by atomic mass is 9.84. The minimum absolute atomic E-state index is 0.139. The lowest BCUT2D eigenvalue weighted by Crippen LogP contribution is -2.29. The Morgan fingerprint density at radius 2 is 1.87 bits per heavy atom. The highest BCUT2D eigenvalue weighted by Gasteiger charge is 2.26. The molecule has 0 radical (unpaired) electrons. The maximum Gasteiger partial charge on any atom is 0.240 e. The minimum Gasteiger partial charge on any atom is -0.366 e. The SMILES string of the molecule is Nc1nnc(C(N)C2CCCCC2)n1N. The van der Waals surface area contributed by atoms with Crippen LogP contribution in [-0.4, -0.2) is 14.9 Å². The van der Waals surface area contributed by atoms with E-state index in [0.717, 1.165) is 12.8 Å². The molecule has 84 valence electrons. The molecule has 0 spiro atoms.